The van der Waals surface area contributed by atoms with Crippen LogP contribution in [0, 0.1) is 6.92 Å². The average Bonchev–Trinajstić information content (AvgIpc) is 2.90. The molecular formula is C17H24ClN3. The van der Waals surface area contributed by atoms with Gasteiger partial charge in [0.2, 0.25) is 0 Å². The van der Waals surface area contributed by atoms with Crippen LogP contribution in [0.2, 0.25) is 5.02 Å². The number of halogens is 1. The fourth-order valence-corrected chi connectivity index (χ4v) is 2.54. The lowest BCUT2D eigenvalue weighted by molar-refractivity contribution is 0.506. The molecule has 1 aromatic heterocycles. The third-order valence-electron chi connectivity index (χ3n) is 3.64. The molecule has 0 saturated heterocycles. The summed E-state index contributed by atoms with van der Waals surface area (Å²) < 4.78 is 2.01. The number of benzene rings is 1. The van der Waals surface area contributed by atoms with Crippen LogP contribution in [0.3, 0.4) is 0 Å². The number of aromatic nitrogens is 2. The van der Waals surface area contributed by atoms with Crippen molar-refractivity contribution in [3.8, 4) is 0 Å². The second-order valence-electron chi connectivity index (χ2n) is 5.70. The van der Waals surface area contributed by atoms with E-state index in [2.05, 4.69) is 55.6 Å². The van der Waals surface area contributed by atoms with E-state index in [4.69, 9.17) is 11.6 Å². The Morgan fingerprint density at radius 2 is 2.05 bits per heavy atom. The molecule has 0 aliphatic carbocycles. The van der Waals surface area contributed by atoms with Gasteiger partial charge in [-0.15, -0.1) is 0 Å². The Morgan fingerprint density at radius 3 is 2.62 bits per heavy atom. The second-order valence-corrected chi connectivity index (χ2v) is 6.11. The summed E-state index contributed by atoms with van der Waals surface area (Å²) in [5.74, 6) is 0. The van der Waals surface area contributed by atoms with Crippen molar-refractivity contribution in [2.45, 2.75) is 46.2 Å². The van der Waals surface area contributed by atoms with Crippen LogP contribution in [0.15, 0.2) is 30.5 Å². The Morgan fingerprint density at radius 1 is 1.29 bits per heavy atom. The first-order chi connectivity index (χ1) is 10.0. The van der Waals surface area contributed by atoms with Crippen molar-refractivity contribution in [2.75, 3.05) is 6.54 Å². The maximum absolute atomic E-state index is 6.12. The summed E-state index contributed by atoms with van der Waals surface area (Å²) in [6.07, 6.45) is 2.94. The predicted molar refractivity (Wildman–Crippen MR) is 88.9 cm³/mol. The molecule has 1 atom stereocenters. The fourth-order valence-electron chi connectivity index (χ4n) is 2.42. The van der Waals surface area contributed by atoms with Gasteiger partial charge in [-0.25, -0.2) is 0 Å². The molecule has 2 aromatic rings. The minimum absolute atomic E-state index is 0.265. The van der Waals surface area contributed by atoms with E-state index in [1.807, 2.05) is 17.7 Å². The zero-order chi connectivity index (χ0) is 15.4. The SMILES string of the molecule is CCNC(Cc1ccn(C(C)C)n1)c1ccc(Cl)c(C)c1. The molecule has 1 aromatic carbocycles. The van der Waals surface area contributed by atoms with E-state index in [0.29, 0.717) is 6.04 Å². The Kier molecular flexibility index (Phi) is 5.43. The summed E-state index contributed by atoms with van der Waals surface area (Å²) in [6.45, 7) is 9.38. The monoisotopic (exact) mass is 305 g/mol. The molecule has 0 saturated carbocycles. The van der Waals surface area contributed by atoms with Crippen LogP contribution in [0.1, 0.15) is 49.7 Å². The van der Waals surface area contributed by atoms with Gasteiger partial charge in [-0.2, -0.15) is 5.10 Å². The molecule has 0 spiro atoms. The summed E-state index contributed by atoms with van der Waals surface area (Å²) >= 11 is 6.12. The fraction of sp³-hybridized carbons (Fsp3) is 0.471. The summed E-state index contributed by atoms with van der Waals surface area (Å²) in [4.78, 5) is 0. The van der Waals surface area contributed by atoms with Crippen molar-refractivity contribution in [1.82, 2.24) is 15.1 Å². The maximum Gasteiger partial charge on any atom is 0.0643 e. The molecule has 0 amide bonds. The third-order valence-corrected chi connectivity index (χ3v) is 4.06. The van der Waals surface area contributed by atoms with Gasteiger partial charge >= 0.3 is 0 Å². The molecule has 0 bridgehead atoms. The Labute approximate surface area is 132 Å². The van der Waals surface area contributed by atoms with E-state index in [0.717, 1.165) is 29.2 Å². The summed E-state index contributed by atoms with van der Waals surface area (Å²) in [5.41, 5.74) is 3.49. The highest BCUT2D eigenvalue weighted by Gasteiger charge is 2.14. The topological polar surface area (TPSA) is 29.9 Å². The Balaban J connectivity index is 2.19. The zero-order valence-electron chi connectivity index (χ0n) is 13.2. The normalized spacial score (nSPS) is 12.9. The highest BCUT2D eigenvalue weighted by molar-refractivity contribution is 6.31. The molecule has 114 valence electrons. The molecule has 4 heteroatoms. The van der Waals surface area contributed by atoms with Gasteiger partial charge in [-0.1, -0.05) is 30.7 Å². The van der Waals surface area contributed by atoms with E-state index in [1.165, 1.54) is 5.56 Å². The lowest BCUT2D eigenvalue weighted by Crippen LogP contribution is -2.23. The molecule has 0 aliphatic heterocycles. The number of nitrogens with one attached hydrogen (secondary N) is 1. The standard InChI is InChI=1S/C17H24ClN3/c1-5-19-17(14-6-7-16(18)13(4)10-14)11-15-8-9-21(20-15)12(2)3/h6-10,12,17,19H,5,11H2,1-4H3. The zero-order valence-corrected chi connectivity index (χ0v) is 14.0. The largest absolute Gasteiger partial charge is 0.310 e. The molecule has 21 heavy (non-hydrogen) atoms. The summed E-state index contributed by atoms with van der Waals surface area (Å²) in [6, 6.07) is 9.00. The van der Waals surface area contributed by atoms with Crippen LogP contribution >= 0.6 is 11.6 Å². The van der Waals surface area contributed by atoms with Crippen LogP contribution in [0.5, 0.6) is 0 Å². The number of hydrogen-bond acceptors (Lipinski definition) is 2. The van der Waals surface area contributed by atoms with Crippen molar-refractivity contribution in [3.63, 3.8) is 0 Å². The maximum atomic E-state index is 6.12. The van der Waals surface area contributed by atoms with Gasteiger partial charge in [-0.05, 0) is 50.6 Å². The van der Waals surface area contributed by atoms with Gasteiger partial charge in [0.25, 0.3) is 0 Å². The van der Waals surface area contributed by atoms with Crippen molar-refractivity contribution < 1.29 is 0 Å². The highest BCUT2D eigenvalue weighted by Crippen LogP contribution is 2.23. The predicted octanol–water partition coefficient (Wildman–Crippen LogP) is 4.32. The molecule has 2 rings (SSSR count). The van der Waals surface area contributed by atoms with Crippen LogP contribution in [-0.2, 0) is 6.42 Å². The molecule has 0 aliphatic rings. The molecule has 1 N–H and O–H groups in total. The van der Waals surface area contributed by atoms with E-state index < -0.39 is 0 Å². The van der Waals surface area contributed by atoms with Gasteiger partial charge in [0.05, 0.1) is 5.69 Å². The van der Waals surface area contributed by atoms with E-state index >= 15 is 0 Å². The van der Waals surface area contributed by atoms with Crippen LogP contribution < -0.4 is 5.32 Å². The van der Waals surface area contributed by atoms with E-state index in [1.54, 1.807) is 0 Å². The van der Waals surface area contributed by atoms with Crippen LogP contribution in [0.4, 0.5) is 0 Å². The summed E-state index contributed by atoms with van der Waals surface area (Å²) in [5, 5.41) is 9.01. The first-order valence-corrected chi connectivity index (χ1v) is 7.92. The lowest BCUT2D eigenvalue weighted by Gasteiger charge is -2.18. The number of nitrogens with zero attached hydrogens (tertiary/aromatic N) is 2. The molecule has 1 heterocycles. The molecule has 0 radical (unpaired) electrons. The molecule has 0 fully saturated rings. The number of likely N-dealkylation sites (N-methyl/N-ethyl adjacent to an activating group) is 1. The van der Waals surface area contributed by atoms with Gasteiger partial charge in [0, 0.05) is 29.7 Å². The first-order valence-electron chi connectivity index (χ1n) is 7.54. The smallest absolute Gasteiger partial charge is 0.0643 e. The van der Waals surface area contributed by atoms with Gasteiger partial charge in [-0.3, -0.25) is 4.68 Å². The quantitative estimate of drug-likeness (QED) is 0.861. The van der Waals surface area contributed by atoms with E-state index in [-0.39, 0.29) is 6.04 Å². The Hall–Kier alpha value is -1.32. The van der Waals surface area contributed by atoms with Crippen molar-refractivity contribution in [1.29, 1.82) is 0 Å². The number of hydrogen-bond donors (Lipinski definition) is 1. The van der Waals surface area contributed by atoms with E-state index in [9.17, 15) is 0 Å². The first kappa shape index (κ1) is 16.1. The van der Waals surface area contributed by atoms with Gasteiger partial charge in [0.15, 0.2) is 0 Å². The second kappa shape index (κ2) is 7.10. The minimum atomic E-state index is 0.265. The van der Waals surface area contributed by atoms with Crippen LogP contribution in [-0.4, -0.2) is 16.3 Å². The lowest BCUT2D eigenvalue weighted by atomic mass is 10.00. The highest BCUT2D eigenvalue weighted by atomic mass is 35.5. The molecular weight excluding hydrogens is 282 g/mol. The van der Waals surface area contributed by atoms with Crippen molar-refractivity contribution in [2.24, 2.45) is 0 Å². The molecule has 1 unspecified atom stereocenters. The summed E-state index contributed by atoms with van der Waals surface area (Å²) in [7, 11) is 0. The molecule has 3 nitrogen and oxygen atoms in total. The number of rotatable bonds is 6. The van der Waals surface area contributed by atoms with Crippen molar-refractivity contribution in [3.05, 3.63) is 52.3 Å². The number of aryl methyl sites for hydroxylation is 1. The van der Waals surface area contributed by atoms with Gasteiger partial charge in [0.1, 0.15) is 0 Å². The van der Waals surface area contributed by atoms with Crippen LogP contribution in [0.25, 0.3) is 0 Å². The van der Waals surface area contributed by atoms with Crippen molar-refractivity contribution >= 4 is 11.6 Å². The van der Waals surface area contributed by atoms with Gasteiger partial charge < -0.3 is 5.32 Å². The third kappa shape index (κ3) is 4.08. The Bertz CT molecular complexity index is 589. The average molecular weight is 306 g/mol. The minimum Gasteiger partial charge on any atom is -0.310 e.